The molecular formula is C26H39N6O12P. The van der Waals surface area contributed by atoms with E-state index in [1.165, 1.54) is 24.3 Å². The molecule has 0 radical (unpaired) electrons. The summed E-state index contributed by atoms with van der Waals surface area (Å²) < 4.78 is 15.5. The van der Waals surface area contributed by atoms with Crippen LogP contribution in [0.15, 0.2) is 24.3 Å². The zero-order valence-corrected chi connectivity index (χ0v) is 25.7. The van der Waals surface area contributed by atoms with E-state index in [1.807, 2.05) is 0 Å². The van der Waals surface area contributed by atoms with Gasteiger partial charge in [0.05, 0.1) is 6.42 Å². The van der Waals surface area contributed by atoms with E-state index in [4.69, 9.17) is 26.4 Å². The van der Waals surface area contributed by atoms with E-state index in [1.54, 1.807) is 13.8 Å². The van der Waals surface area contributed by atoms with E-state index in [0.29, 0.717) is 5.56 Å². The largest absolute Gasteiger partial charge is 0.524 e. The van der Waals surface area contributed by atoms with E-state index >= 15 is 0 Å². The number of phosphoric acid groups is 1. The lowest BCUT2D eigenvalue weighted by molar-refractivity contribution is -0.138. The molecule has 0 fully saturated rings. The van der Waals surface area contributed by atoms with Gasteiger partial charge in [-0.15, -0.1) is 0 Å². The van der Waals surface area contributed by atoms with Crippen LogP contribution in [-0.4, -0.2) is 80.5 Å². The monoisotopic (exact) mass is 658 g/mol. The van der Waals surface area contributed by atoms with Gasteiger partial charge in [-0.05, 0) is 36.5 Å². The van der Waals surface area contributed by atoms with Crippen molar-refractivity contribution in [1.29, 1.82) is 0 Å². The van der Waals surface area contributed by atoms with Crippen LogP contribution in [0.5, 0.6) is 5.75 Å². The Labute approximate surface area is 258 Å². The van der Waals surface area contributed by atoms with Crippen molar-refractivity contribution in [3.8, 4) is 5.75 Å². The third-order valence-electron chi connectivity index (χ3n) is 5.97. The summed E-state index contributed by atoms with van der Waals surface area (Å²) in [6.07, 6.45) is -1.76. The molecule has 0 aliphatic carbocycles. The Balaban J connectivity index is 3.19. The standard InChI is InChI=1S/C26H39N6O12P/c1-13(2)10-18(23(28)37)31-24(38)17(8-9-22(35)36)30-26(40)20(12-21(27)34)32-25(39)19(29-14(3)33)11-15-4-6-16(7-5-15)44-45(41,42)43/h4-7,13,17-20H,8-12H2,1-3H3,(H2,27,34)(H2,28,37)(H,29,33)(H,30,40)(H,31,38)(H,32,39)(H,35,36)(H2,41,42,43)/t17-,18-,19-,20-/m0/s1. The van der Waals surface area contributed by atoms with Crippen molar-refractivity contribution in [3.63, 3.8) is 0 Å². The third-order valence-corrected chi connectivity index (χ3v) is 6.42. The molecule has 0 bridgehead atoms. The molecule has 0 spiro atoms. The molecule has 0 saturated carbocycles. The molecule has 6 amide bonds. The van der Waals surface area contributed by atoms with Gasteiger partial charge in [0.25, 0.3) is 0 Å². The minimum absolute atomic E-state index is 0.0624. The van der Waals surface area contributed by atoms with Gasteiger partial charge < -0.3 is 42.4 Å². The smallest absolute Gasteiger partial charge is 0.481 e. The lowest BCUT2D eigenvalue weighted by atomic mass is 10.0. The molecule has 1 aromatic rings. The van der Waals surface area contributed by atoms with Gasteiger partial charge in [0.2, 0.25) is 35.4 Å². The minimum Gasteiger partial charge on any atom is -0.481 e. The fourth-order valence-electron chi connectivity index (χ4n) is 4.00. The highest BCUT2D eigenvalue weighted by Crippen LogP contribution is 2.37. The highest BCUT2D eigenvalue weighted by molar-refractivity contribution is 7.46. The van der Waals surface area contributed by atoms with E-state index in [9.17, 15) is 38.1 Å². The average molecular weight is 659 g/mol. The Morgan fingerprint density at radius 1 is 0.822 bits per heavy atom. The second kappa shape index (κ2) is 17.7. The molecule has 4 atom stereocenters. The van der Waals surface area contributed by atoms with Gasteiger partial charge in [-0.1, -0.05) is 26.0 Å². The molecule has 19 heteroatoms. The van der Waals surface area contributed by atoms with Crippen LogP contribution in [0.1, 0.15) is 52.0 Å². The van der Waals surface area contributed by atoms with Crippen molar-refractivity contribution < 1.29 is 57.5 Å². The first-order chi connectivity index (χ1) is 20.8. The molecule has 250 valence electrons. The van der Waals surface area contributed by atoms with Gasteiger partial charge in [-0.25, -0.2) is 4.57 Å². The SMILES string of the molecule is CC(=O)N[C@@H](Cc1ccc(OP(=O)(O)O)cc1)C(=O)N[C@@H](CC(N)=O)C(=O)N[C@@H](CCC(=O)O)C(=O)N[C@@H](CC(C)C)C(N)=O. The first-order valence-electron chi connectivity index (χ1n) is 13.6. The molecule has 0 heterocycles. The van der Waals surface area contributed by atoms with Crippen LogP contribution in [0, 0.1) is 5.92 Å². The van der Waals surface area contributed by atoms with Gasteiger partial charge in [-0.3, -0.25) is 43.3 Å². The number of hydrogen-bond donors (Lipinski definition) is 9. The molecule has 1 aromatic carbocycles. The summed E-state index contributed by atoms with van der Waals surface area (Å²) in [5.41, 5.74) is 11.0. The van der Waals surface area contributed by atoms with Gasteiger partial charge in [0.15, 0.2) is 0 Å². The van der Waals surface area contributed by atoms with Crippen LogP contribution in [0.25, 0.3) is 0 Å². The Hall–Kier alpha value is -4.54. The summed E-state index contributed by atoms with van der Waals surface area (Å²) in [6, 6.07) is -0.477. The normalized spacial score (nSPS) is 13.8. The maximum atomic E-state index is 13.2. The number of benzene rings is 1. The molecular weight excluding hydrogens is 619 g/mol. The number of hydrogen-bond acceptors (Lipinski definition) is 9. The topological polar surface area (TPSA) is 307 Å². The summed E-state index contributed by atoms with van der Waals surface area (Å²) in [7, 11) is -4.82. The molecule has 0 unspecified atom stereocenters. The summed E-state index contributed by atoms with van der Waals surface area (Å²) in [5, 5.41) is 18.5. The quantitative estimate of drug-likeness (QED) is 0.0724. The Morgan fingerprint density at radius 2 is 1.33 bits per heavy atom. The van der Waals surface area contributed by atoms with Crippen molar-refractivity contribution in [3.05, 3.63) is 29.8 Å². The van der Waals surface area contributed by atoms with E-state index in [-0.39, 0.29) is 24.5 Å². The van der Waals surface area contributed by atoms with Gasteiger partial charge in [0, 0.05) is 19.8 Å². The highest BCUT2D eigenvalue weighted by Gasteiger charge is 2.32. The highest BCUT2D eigenvalue weighted by atomic mass is 31.2. The van der Waals surface area contributed by atoms with Crippen molar-refractivity contribution in [2.75, 3.05) is 0 Å². The van der Waals surface area contributed by atoms with E-state index in [0.717, 1.165) is 6.92 Å². The second-order valence-electron chi connectivity index (χ2n) is 10.5. The number of nitrogens with two attached hydrogens (primary N) is 2. The van der Waals surface area contributed by atoms with Gasteiger partial charge >= 0.3 is 13.8 Å². The summed E-state index contributed by atoms with van der Waals surface area (Å²) in [4.78, 5) is 104. The van der Waals surface area contributed by atoms with Crippen molar-refractivity contribution in [2.24, 2.45) is 17.4 Å². The van der Waals surface area contributed by atoms with Gasteiger partial charge in [0.1, 0.15) is 29.9 Å². The number of amides is 6. The summed E-state index contributed by atoms with van der Waals surface area (Å²) in [5.74, 6) is -7.00. The molecule has 11 N–H and O–H groups in total. The number of aliphatic carboxylic acids is 1. The molecule has 18 nitrogen and oxygen atoms in total. The number of carbonyl (C=O) groups excluding carboxylic acids is 6. The Kier molecular flexibility index (Phi) is 15.1. The fraction of sp³-hybridized carbons (Fsp3) is 0.500. The maximum absolute atomic E-state index is 13.2. The lowest BCUT2D eigenvalue weighted by Crippen LogP contribution is -2.59. The Morgan fingerprint density at radius 3 is 1.80 bits per heavy atom. The molecule has 1 rings (SSSR count). The van der Waals surface area contributed by atoms with Crippen LogP contribution in [-0.2, 0) is 44.5 Å². The summed E-state index contributed by atoms with van der Waals surface area (Å²) >= 11 is 0. The number of carbonyl (C=O) groups is 7. The van der Waals surface area contributed by atoms with Crippen molar-refractivity contribution in [2.45, 2.75) is 77.0 Å². The Bertz CT molecular complexity index is 1300. The minimum atomic E-state index is -4.82. The molecule has 0 aliphatic rings. The fourth-order valence-corrected chi connectivity index (χ4v) is 4.39. The maximum Gasteiger partial charge on any atom is 0.524 e. The first kappa shape index (κ1) is 38.5. The predicted molar refractivity (Wildman–Crippen MR) is 156 cm³/mol. The zero-order chi connectivity index (χ0) is 34.5. The van der Waals surface area contributed by atoms with Crippen LogP contribution < -0.4 is 37.3 Å². The predicted octanol–water partition coefficient (Wildman–Crippen LogP) is -2.07. The first-order valence-corrected chi connectivity index (χ1v) is 15.1. The van der Waals surface area contributed by atoms with E-state index < -0.39 is 92.7 Å². The second-order valence-corrected chi connectivity index (χ2v) is 11.7. The molecule has 0 aliphatic heterocycles. The third kappa shape index (κ3) is 15.7. The number of carboxylic acid groups (broad SMARTS) is 1. The number of primary amides is 2. The molecule has 0 aromatic heterocycles. The van der Waals surface area contributed by atoms with Crippen molar-refractivity contribution >= 4 is 49.2 Å². The lowest BCUT2D eigenvalue weighted by Gasteiger charge is -2.26. The molecule has 45 heavy (non-hydrogen) atoms. The van der Waals surface area contributed by atoms with Crippen LogP contribution in [0.2, 0.25) is 0 Å². The van der Waals surface area contributed by atoms with E-state index in [2.05, 4.69) is 25.8 Å². The van der Waals surface area contributed by atoms with Gasteiger partial charge in [-0.2, -0.15) is 0 Å². The number of phosphoric ester groups is 1. The van der Waals surface area contributed by atoms with Crippen LogP contribution in [0.4, 0.5) is 0 Å². The average Bonchev–Trinajstić information content (AvgIpc) is 2.88. The summed E-state index contributed by atoms with van der Waals surface area (Å²) in [6.45, 7) is 4.66. The van der Waals surface area contributed by atoms with Crippen LogP contribution >= 0.6 is 7.82 Å². The zero-order valence-electron chi connectivity index (χ0n) is 24.8. The number of rotatable bonds is 19. The molecule has 0 saturated heterocycles. The number of carboxylic acids is 1. The van der Waals surface area contributed by atoms with Crippen molar-refractivity contribution in [1.82, 2.24) is 21.3 Å². The number of nitrogens with one attached hydrogen (secondary N) is 4. The van der Waals surface area contributed by atoms with Crippen LogP contribution in [0.3, 0.4) is 0 Å².